The predicted molar refractivity (Wildman–Crippen MR) is 91.0 cm³/mol. The zero-order valence-electron chi connectivity index (χ0n) is 13.4. The van der Waals surface area contributed by atoms with Gasteiger partial charge in [-0.2, -0.15) is 0 Å². The molecule has 5 heteroatoms. The van der Waals surface area contributed by atoms with Crippen molar-refractivity contribution in [3.8, 4) is 17.2 Å². The van der Waals surface area contributed by atoms with Crippen molar-refractivity contribution >= 4 is 16.7 Å². The lowest BCUT2D eigenvalue weighted by atomic mass is 10.0. The highest BCUT2D eigenvalue weighted by Gasteiger charge is 2.15. The number of ketones is 1. The molecule has 1 N–H and O–H groups in total. The highest BCUT2D eigenvalue weighted by molar-refractivity contribution is 6.11. The van der Waals surface area contributed by atoms with E-state index in [4.69, 9.17) is 9.47 Å². The first-order valence-corrected chi connectivity index (χ1v) is 7.57. The topological polar surface area (TPSA) is 68.7 Å². The van der Waals surface area contributed by atoms with E-state index >= 15 is 0 Å². The van der Waals surface area contributed by atoms with Crippen molar-refractivity contribution in [3.63, 3.8) is 0 Å². The summed E-state index contributed by atoms with van der Waals surface area (Å²) in [6, 6.07) is 11.8. The molecule has 2 aromatic carbocycles. The van der Waals surface area contributed by atoms with Gasteiger partial charge in [0.1, 0.15) is 5.75 Å². The fourth-order valence-corrected chi connectivity index (χ4v) is 2.51. The maximum Gasteiger partial charge on any atom is 0.198 e. The Labute approximate surface area is 139 Å². The summed E-state index contributed by atoms with van der Waals surface area (Å²) in [5.41, 5.74) is 1.35. The standard InChI is InChI=1S/C19H17NO4/c1-3-24-18-9-12-8-13(11-20-15(12)10-17(18)23-2)19(22)14-6-4-5-7-16(14)21/h4-11,21H,3H2,1-2H3. The molecule has 1 aromatic heterocycles. The van der Waals surface area contributed by atoms with Crippen LogP contribution in [0.25, 0.3) is 10.9 Å². The maximum absolute atomic E-state index is 12.6. The smallest absolute Gasteiger partial charge is 0.198 e. The third-order valence-electron chi connectivity index (χ3n) is 3.68. The number of carbonyl (C=O) groups is 1. The van der Waals surface area contributed by atoms with Gasteiger partial charge in [0, 0.05) is 23.2 Å². The number of nitrogens with zero attached hydrogens (tertiary/aromatic N) is 1. The number of phenolic OH excluding ortho intramolecular Hbond substituents is 1. The zero-order valence-corrected chi connectivity index (χ0v) is 13.4. The molecule has 1 heterocycles. The molecule has 0 aliphatic rings. The van der Waals surface area contributed by atoms with E-state index in [0.717, 1.165) is 5.39 Å². The third kappa shape index (κ3) is 2.88. The van der Waals surface area contributed by atoms with Gasteiger partial charge in [-0.05, 0) is 31.2 Å². The normalized spacial score (nSPS) is 10.6. The van der Waals surface area contributed by atoms with E-state index in [0.29, 0.717) is 29.2 Å². The molecule has 0 radical (unpaired) electrons. The Morgan fingerprint density at radius 2 is 1.96 bits per heavy atom. The number of benzene rings is 2. The number of fused-ring (bicyclic) bond motifs is 1. The molecule has 0 fully saturated rings. The van der Waals surface area contributed by atoms with E-state index in [9.17, 15) is 9.90 Å². The van der Waals surface area contributed by atoms with Crippen LogP contribution < -0.4 is 9.47 Å². The van der Waals surface area contributed by atoms with Crippen LogP contribution in [0.15, 0.2) is 48.7 Å². The average molecular weight is 323 g/mol. The highest BCUT2D eigenvalue weighted by Crippen LogP contribution is 2.32. The number of carbonyl (C=O) groups excluding carboxylic acids is 1. The molecule has 0 atom stereocenters. The van der Waals surface area contributed by atoms with E-state index < -0.39 is 0 Å². The van der Waals surface area contributed by atoms with Gasteiger partial charge in [0.05, 0.1) is 24.8 Å². The minimum absolute atomic E-state index is 0.0488. The van der Waals surface area contributed by atoms with Gasteiger partial charge in [-0.3, -0.25) is 9.78 Å². The molecule has 122 valence electrons. The van der Waals surface area contributed by atoms with Gasteiger partial charge >= 0.3 is 0 Å². The number of para-hydroxylation sites is 1. The lowest BCUT2D eigenvalue weighted by molar-refractivity contribution is 0.103. The van der Waals surface area contributed by atoms with Gasteiger partial charge in [-0.15, -0.1) is 0 Å². The molecule has 24 heavy (non-hydrogen) atoms. The first-order chi connectivity index (χ1) is 11.6. The van der Waals surface area contributed by atoms with Crippen LogP contribution >= 0.6 is 0 Å². The van der Waals surface area contributed by atoms with Crippen molar-refractivity contribution in [2.75, 3.05) is 13.7 Å². The molecule has 0 aliphatic carbocycles. The van der Waals surface area contributed by atoms with E-state index in [1.807, 2.05) is 6.92 Å². The number of methoxy groups -OCH3 is 1. The summed E-state index contributed by atoms with van der Waals surface area (Å²) >= 11 is 0. The second-order valence-electron chi connectivity index (χ2n) is 5.20. The Bertz CT molecular complexity index is 905. The maximum atomic E-state index is 12.6. The van der Waals surface area contributed by atoms with Gasteiger partial charge in [0.25, 0.3) is 0 Å². The second kappa shape index (κ2) is 6.58. The minimum Gasteiger partial charge on any atom is -0.507 e. The Morgan fingerprint density at radius 1 is 1.17 bits per heavy atom. The summed E-state index contributed by atoms with van der Waals surface area (Å²) in [5, 5.41) is 10.6. The lowest BCUT2D eigenvalue weighted by Gasteiger charge is -2.11. The van der Waals surface area contributed by atoms with Crippen LogP contribution in [0.5, 0.6) is 17.2 Å². The highest BCUT2D eigenvalue weighted by atomic mass is 16.5. The first kappa shape index (κ1) is 15.8. The molecular weight excluding hydrogens is 306 g/mol. The molecule has 0 amide bonds. The summed E-state index contributed by atoms with van der Waals surface area (Å²) < 4.78 is 10.9. The largest absolute Gasteiger partial charge is 0.507 e. The fraction of sp³-hybridized carbons (Fsp3) is 0.158. The van der Waals surface area contributed by atoms with E-state index in [1.165, 1.54) is 12.3 Å². The Morgan fingerprint density at radius 3 is 2.67 bits per heavy atom. The average Bonchev–Trinajstić information content (AvgIpc) is 2.60. The summed E-state index contributed by atoms with van der Waals surface area (Å²) in [5.74, 6) is 0.863. The quantitative estimate of drug-likeness (QED) is 0.727. The molecule has 5 nitrogen and oxygen atoms in total. The SMILES string of the molecule is CCOc1cc2cc(C(=O)c3ccccc3O)cnc2cc1OC. The van der Waals surface area contributed by atoms with Crippen LogP contribution in [-0.2, 0) is 0 Å². The van der Waals surface area contributed by atoms with Crippen molar-refractivity contribution in [2.24, 2.45) is 0 Å². The Kier molecular flexibility index (Phi) is 4.33. The van der Waals surface area contributed by atoms with Gasteiger partial charge in [-0.1, -0.05) is 12.1 Å². The molecule has 0 bridgehead atoms. The fourth-order valence-electron chi connectivity index (χ4n) is 2.51. The van der Waals surface area contributed by atoms with Crippen molar-refractivity contribution in [2.45, 2.75) is 6.92 Å². The van der Waals surface area contributed by atoms with Crippen LogP contribution in [0.3, 0.4) is 0 Å². The number of rotatable bonds is 5. The van der Waals surface area contributed by atoms with Gasteiger partial charge in [-0.25, -0.2) is 0 Å². The van der Waals surface area contributed by atoms with Crippen LogP contribution in [0.4, 0.5) is 0 Å². The van der Waals surface area contributed by atoms with Crippen LogP contribution in [-0.4, -0.2) is 29.6 Å². The Balaban J connectivity index is 2.07. The third-order valence-corrected chi connectivity index (χ3v) is 3.68. The monoisotopic (exact) mass is 323 g/mol. The van der Waals surface area contributed by atoms with Gasteiger partial charge < -0.3 is 14.6 Å². The van der Waals surface area contributed by atoms with Crippen molar-refractivity contribution in [1.29, 1.82) is 0 Å². The molecule has 3 aromatic rings. The molecule has 0 saturated carbocycles. The predicted octanol–water partition coefficient (Wildman–Crippen LogP) is 3.58. The molecule has 0 saturated heterocycles. The van der Waals surface area contributed by atoms with Gasteiger partial charge in [0.15, 0.2) is 17.3 Å². The van der Waals surface area contributed by atoms with Gasteiger partial charge in [0.2, 0.25) is 0 Å². The number of hydrogen-bond donors (Lipinski definition) is 1. The number of phenols is 1. The van der Waals surface area contributed by atoms with Crippen molar-refractivity contribution < 1.29 is 19.4 Å². The number of ether oxygens (including phenoxy) is 2. The van der Waals surface area contributed by atoms with Crippen LogP contribution in [0, 0.1) is 0 Å². The number of hydrogen-bond acceptors (Lipinski definition) is 5. The molecule has 0 unspecified atom stereocenters. The number of aromatic nitrogens is 1. The van der Waals surface area contributed by atoms with Crippen molar-refractivity contribution in [1.82, 2.24) is 4.98 Å². The molecule has 0 spiro atoms. The van der Waals surface area contributed by atoms with Crippen molar-refractivity contribution in [3.05, 3.63) is 59.8 Å². The van der Waals surface area contributed by atoms with Crippen LogP contribution in [0.1, 0.15) is 22.8 Å². The van der Waals surface area contributed by atoms with E-state index in [1.54, 1.807) is 43.5 Å². The molecule has 3 rings (SSSR count). The van der Waals surface area contributed by atoms with Crippen LogP contribution in [0.2, 0.25) is 0 Å². The number of pyridine rings is 1. The van der Waals surface area contributed by atoms with E-state index in [2.05, 4.69) is 4.98 Å². The first-order valence-electron chi connectivity index (χ1n) is 7.57. The summed E-state index contributed by atoms with van der Waals surface area (Å²) in [6.45, 7) is 2.39. The van der Waals surface area contributed by atoms with E-state index in [-0.39, 0.29) is 17.1 Å². The summed E-state index contributed by atoms with van der Waals surface area (Å²) in [4.78, 5) is 16.9. The molecular formula is C19H17NO4. The Hall–Kier alpha value is -3.08. The molecule has 0 aliphatic heterocycles. The lowest BCUT2D eigenvalue weighted by Crippen LogP contribution is -2.03. The second-order valence-corrected chi connectivity index (χ2v) is 5.20. The number of aromatic hydroxyl groups is 1. The minimum atomic E-state index is -0.281. The summed E-state index contributed by atoms with van der Waals surface area (Å²) in [7, 11) is 1.57. The summed E-state index contributed by atoms with van der Waals surface area (Å²) in [6.07, 6.45) is 1.50. The zero-order chi connectivity index (χ0) is 17.1.